The molecular formula is C20H30O. The lowest BCUT2D eigenvalue weighted by Crippen LogP contribution is -2.52. The summed E-state index contributed by atoms with van der Waals surface area (Å²) in [7, 11) is 0. The average molecular weight is 286 g/mol. The Morgan fingerprint density at radius 2 is 1.95 bits per heavy atom. The second-order valence-corrected chi connectivity index (χ2v) is 8.82. The molecule has 2 saturated carbocycles. The van der Waals surface area contributed by atoms with E-state index in [2.05, 4.69) is 46.4 Å². The van der Waals surface area contributed by atoms with Gasteiger partial charge in [0, 0.05) is 11.8 Å². The molecule has 0 bridgehead atoms. The average Bonchev–Trinajstić information content (AvgIpc) is 2.43. The Labute approximate surface area is 129 Å². The number of fused-ring (bicyclic) bond motifs is 3. The number of allylic oxidation sites excluding steroid dienone is 3. The van der Waals surface area contributed by atoms with Gasteiger partial charge in [-0.2, -0.15) is 0 Å². The van der Waals surface area contributed by atoms with Crippen LogP contribution >= 0.6 is 0 Å². The highest BCUT2D eigenvalue weighted by Crippen LogP contribution is 2.62. The zero-order chi connectivity index (χ0) is 15.5. The highest BCUT2D eigenvalue weighted by molar-refractivity contribution is 5.85. The molecule has 0 N–H and O–H groups in total. The first kappa shape index (κ1) is 15.1. The summed E-state index contributed by atoms with van der Waals surface area (Å²) >= 11 is 0. The quantitative estimate of drug-likeness (QED) is 0.596. The van der Waals surface area contributed by atoms with Gasteiger partial charge < -0.3 is 0 Å². The molecule has 0 aromatic rings. The zero-order valence-corrected chi connectivity index (χ0v) is 14.2. The summed E-state index contributed by atoms with van der Waals surface area (Å²) in [6, 6.07) is 0. The van der Waals surface area contributed by atoms with Crippen molar-refractivity contribution >= 4 is 5.78 Å². The first-order valence-electron chi connectivity index (χ1n) is 8.60. The van der Waals surface area contributed by atoms with Crippen molar-refractivity contribution in [3.63, 3.8) is 0 Å². The lowest BCUT2D eigenvalue weighted by atomic mass is 9.46. The molecule has 0 heterocycles. The third-order valence-electron chi connectivity index (χ3n) is 7.13. The topological polar surface area (TPSA) is 17.1 Å². The number of ketones is 1. The number of Topliss-reactive ketones (excluding diaryl/α,β-unsaturated/α-hetero) is 1. The lowest BCUT2D eigenvalue weighted by Gasteiger charge is -2.57. The predicted molar refractivity (Wildman–Crippen MR) is 88.0 cm³/mol. The fourth-order valence-corrected chi connectivity index (χ4v) is 5.64. The first-order chi connectivity index (χ1) is 9.73. The van der Waals surface area contributed by atoms with E-state index in [0.29, 0.717) is 17.6 Å². The minimum Gasteiger partial charge on any atom is -0.299 e. The second kappa shape index (κ2) is 4.57. The van der Waals surface area contributed by atoms with Gasteiger partial charge in [-0.25, -0.2) is 0 Å². The summed E-state index contributed by atoms with van der Waals surface area (Å²) in [5.41, 5.74) is 2.07. The molecule has 1 nitrogen and oxygen atoms in total. The van der Waals surface area contributed by atoms with E-state index in [9.17, 15) is 4.79 Å². The summed E-state index contributed by atoms with van der Waals surface area (Å²) in [5.74, 6) is 1.73. The number of carbonyl (C=O) groups excluding carboxylic acids is 1. The van der Waals surface area contributed by atoms with Gasteiger partial charge >= 0.3 is 0 Å². The fourth-order valence-electron chi connectivity index (χ4n) is 5.64. The van der Waals surface area contributed by atoms with Crippen LogP contribution in [-0.4, -0.2) is 5.78 Å². The summed E-state index contributed by atoms with van der Waals surface area (Å²) in [6.07, 6.45) is 11.3. The van der Waals surface area contributed by atoms with Gasteiger partial charge in [-0.05, 0) is 54.8 Å². The van der Waals surface area contributed by atoms with E-state index in [1.54, 1.807) is 5.57 Å². The van der Waals surface area contributed by atoms with E-state index in [1.807, 2.05) is 0 Å². The van der Waals surface area contributed by atoms with Crippen LogP contribution in [-0.2, 0) is 4.79 Å². The van der Waals surface area contributed by atoms with Crippen LogP contribution in [0, 0.1) is 28.1 Å². The van der Waals surface area contributed by atoms with Crippen molar-refractivity contribution < 1.29 is 4.79 Å². The van der Waals surface area contributed by atoms with Gasteiger partial charge in [0.2, 0.25) is 0 Å². The van der Waals surface area contributed by atoms with Crippen LogP contribution in [0.25, 0.3) is 0 Å². The minimum atomic E-state index is -0.141. The Balaban J connectivity index is 1.99. The van der Waals surface area contributed by atoms with E-state index in [-0.39, 0.29) is 16.2 Å². The van der Waals surface area contributed by atoms with Crippen LogP contribution in [0.15, 0.2) is 24.3 Å². The summed E-state index contributed by atoms with van der Waals surface area (Å²) in [4.78, 5) is 12.4. The van der Waals surface area contributed by atoms with Crippen LogP contribution < -0.4 is 0 Å². The Hall–Kier alpha value is -0.850. The molecule has 1 heteroatoms. The first-order valence-corrected chi connectivity index (χ1v) is 8.60. The highest BCUT2D eigenvalue weighted by atomic mass is 16.1. The predicted octanol–water partition coefficient (Wildman–Crippen LogP) is 5.32. The van der Waals surface area contributed by atoms with Gasteiger partial charge in [0.1, 0.15) is 5.78 Å². The van der Waals surface area contributed by atoms with E-state index in [4.69, 9.17) is 0 Å². The molecular weight excluding hydrogens is 256 g/mol. The third-order valence-corrected chi connectivity index (χ3v) is 7.13. The number of hydrogen-bond donors (Lipinski definition) is 0. The molecule has 3 aliphatic carbocycles. The van der Waals surface area contributed by atoms with Crippen LogP contribution in [0.5, 0.6) is 0 Å². The van der Waals surface area contributed by atoms with Crippen molar-refractivity contribution in [1.82, 2.24) is 0 Å². The molecule has 0 aliphatic heterocycles. The summed E-state index contributed by atoms with van der Waals surface area (Å²) < 4.78 is 0. The monoisotopic (exact) mass is 286 g/mol. The normalized spacial score (nSPS) is 45.3. The van der Waals surface area contributed by atoms with E-state index in [0.717, 1.165) is 19.3 Å². The smallest absolute Gasteiger partial charge is 0.138 e. The van der Waals surface area contributed by atoms with Crippen molar-refractivity contribution in [3.8, 4) is 0 Å². The maximum atomic E-state index is 12.4. The van der Waals surface area contributed by atoms with Gasteiger partial charge in [0.25, 0.3) is 0 Å². The maximum absolute atomic E-state index is 12.4. The van der Waals surface area contributed by atoms with Crippen molar-refractivity contribution in [2.45, 2.75) is 66.2 Å². The zero-order valence-electron chi connectivity index (χ0n) is 14.2. The van der Waals surface area contributed by atoms with Gasteiger partial charge in [-0.15, -0.1) is 6.58 Å². The number of carbonyl (C=O) groups is 1. The molecule has 2 fully saturated rings. The van der Waals surface area contributed by atoms with Crippen molar-refractivity contribution in [1.29, 1.82) is 0 Å². The van der Waals surface area contributed by atoms with E-state index >= 15 is 0 Å². The Kier molecular flexibility index (Phi) is 3.28. The lowest BCUT2D eigenvalue weighted by molar-refractivity contribution is -0.140. The molecule has 0 spiro atoms. The molecule has 3 aliphatic rings. The molecule has 0 radical (unpaired) electrons. The highest BCUT2D eigenvalue weighted by Gasteiger charge is 2.56. The fraction of sp³-hybridized carbons (Fsp3) is 0.750. The SMILES string of the molecule is C=CC1(C)CC=C2C(CCC3C(C)(C)C(=O)CCC23C)C1. The minimum absolute atomic E-state index is 0.141. The second-order valence-electron chi connectivity index (χ2n) is 8.82. The standard InChI is InChI=1S/C20H30O/c1-6-19(4)11-9-15-14(13-19)7-8-16-18(2,3)17(21)10-12-20(15,16)5/h6,9,14,16H,1,7-8,10-13H2,2-5H3. The molecule has 21 heavy (non-hydrogen) atoms. The van der Waals surface area contributed by atoms with Crippen LogP contribution in [0.1, 0.15) is 66.2 Å². The van der Waals surface area contributed by atoms with Gasteiger partial charge in [0.05, 0.1) is 0 Å². The molecule has 0 amide bonds. The van der Waals surface area contributed by atoms with Gasteiger partial charge in [0.15, 0.2) is 0 Å². The maximum Gasteiger partial charge on any atom is 0.138 e. The molecule has 0 aromatic heterocycles. The molecule has 4 atom stereocenters. The van der Waals surface area contributed by atoms with E-state index < -0.39 is 0 Å². The summed E-state index contributed by atoms with van der Waals surface area (Å²) in [5, 5.41) is 0. The van der Waals surface area contributed by atoms with Crippen molar-refractivity contribution in [3.05, 3.63) is 24.3 Å². The Morgan fingerprint density at radius 3 is 2.62 bits per heavy atom. The largest absolute Gasteiger partial charge is 0.299 e. The van der Waals surface area contributed by atoms with Crippen LogP contribution in [0.2, 0.25) is 0 Å². The Bertz CT molecular complexity index is 512. The number of hydrogen-bond acceptors (Lipinski definition) is 1. The molecule has 3 rings (SSSR count). The van der Waals surface area contributed by atoms with E-state index in [1.165, 1.54) is 19.3 Å². The Morgan fingerprint density at radius 1 is 1.24 bits per heavy atom. The molecule has 0 aromatic carbocycles. The molecule has 4 unspecified atom stereocenters. The van der Waals surface area contributed by atoms with Crippen LogP contribution in [0.3, 0.4) is 0 Å². The van der Waals surface area contributed by atoms with Crippen molar-refractivity contribution in [2.75, 3.05) is 0 Å². The van der Waals surface area contributed by atoms with Crippen molar-refractivity contribution in [2.24, 2.45) is 28.1 Å². The molecule has 0 saturated heterocycles. The van der Waals surface area contributed by atoms with Gasteiger partial charge in [-0.1, -0.05) is 45.4 Å². The molecule has 116 valence electrons. The number of rotatable bonds is 1. The van der Waals surface area contributed by atoms with Crippen LogP contribution in [0.4, 0.5) is 0 Å². The third kappa shape index (κ3) is 2.07. The summed E-state index contributed by atoms with van der Waals surface area (Å²) in [6.45, 7) is 13.2. The van der Waals surface area contributed by atoms with Gasteiger partial charge in [-0.3, -0.25) is 4.79 Å².